The summed E-state index contributed by atoms with van der Waals surface area (Å²) in [4.78, 5) is 25.6. The molecular formula is C38H42N4O4Si. The molecule has 0 aliphatic carbocycles. The largest absolute Gasteiger partial charge is 0.419 e. The van der Waals surface area contributed by atoms with Gasteiger partial charge >= 0.3 is 5.76 Å². The van der Waals surface area contributed by atoms with Crippen LogP contribution in [0.1, 0.15) is 40.2 Å². The summed E-state index contributed by atoms with van der Waals surface area (Å²) in [5.41, 5.74) is 9.36. The van der Waals surface area contributed by atoms with E-state index in [-0.39, 0.29) is 5.04 Å². The normalized spacial score (nSPS) is 14.6. The molecular weight excluding hydrogens is 605 g/mol. The molecule has 1 heterocycles. The Labute approximate surface area is 276 Å². The standard InChI is InChI=1S/C38H42N4O4Si/c1-26(46-47(37(2,3)4,31-13-9-7-10-14-31)32-15-11-8-12-16-32)38(5,40)35(43)41-30(25-39)23-27-17-19-28(20-18-27)29-21-22-34-33(24-29)42(6)36(44)45-34/h7-22,24,26,30H,23,40H2,1-6H3,(H,41,43)/t26-,30-,38-/m0/s1. The Morgan fingerprint density at radius 1 is 0.936 bits per heavy atom. The van der Waals surface area contributed by atoms with Crippen LogP contribution in [0.4, 0.5) is 0 Å². The molecule has 0 saturated heterocycles. The second-order valence-corrected chi connectivity index (χ2v) is 17.6. The van der Waals surface area contributed by atoms with Crippen molar-refractivity contribution in [3.8, 4) is 17.2 Å². The maximum absolute atomic E-state index is 13.8. The lowest BCUT2D eigenvalue weighted by Crippen LogP contribution is -2.71. The summed E-state index contributed by atoms with van der Waals surface area (Å²) in [6.45, 7) is 10.0. The first kappa shape index (κ1) is 33.6. The van der Waals surface area contributed by atoms with Gasteiger partial charge in [-0.1, -0.05) is 112 Å². The average Bonchev–Trinajstić information content (AvgIpc) is 3.35. The lowest BCUT2D eigenvalue weighted by Gasteiger charge is -2.47. The van der Waals surface area contributed by atoms with E-state index in [1.54, 1.807) is 20.0 Å². The Hall–Kier alpha value is -4.75. The van der Waals surface area contributed by atoms with E-state index < -0.39 is 37.7 Å². The molecule has 3 atom stereocenters. The number of aryl methyl sites for hydroxylation is 1. The second kappa shape index (κ2) is 13.2. The van der Waals surface area contributed by atoms with Gasteiger partial charge in [-0.05, 0) is 58.1 Å². The Morgan fingerprint density at radius 2 is 1.49 bits per heavy atom. The first-order chi connectivity index (χ1) is 22.3. The van der Waals surface area contributed by atoms with Gasteiger partial charge in [0.05, 0.1) is 17.7 Å². The fourth-order valence-corrected chi connectivity index (χ4v) is 10.9. The molecule has 3 N–H and O–H groups in total. The molecule has 0 radical (unpaired) electrons. The number of nitriles is 1. The third-order valence-corrected chi connectivity index (χ3v) is 14.2. The van der Waals surface area contributed by atoms with Gasteiger partial charge in [0, 0.05) is 13.5 Å². The van der Waals surface area contributed by atoms with Crippen LogP contribution >= 0.6 is 0 Å². The van der Waals surface area contributed by atoms with Gasteiger partial charge in [0.1, 0.15) is 11.6 Å². The van der Waals surface area contributed by atoms with Crippen molar-refractivity contribution >= 4 is 35.7 Å². The van der Waals surface area contributed by atoms with Gasteiger partial charge in [-0.25, -0.2) is 4.79 Å². The number of amides is 1. The van der Waals surface area contributed by atoms with Gasteiger partial charge in [-0.15, -0.1) is 0 Å². The predicted octanol–water partition coefficient (Wildman–Crippen LogP) is 5.03. The van der Waals surface area contributed by atoms with Crippen molar-refractivity contribution in [3.63, 3.8) is 0 Å². The number of hydrogen-bond acceptors (Lipinski definition) is 6. The third kappa shape index (κ3) is 6.58. The van der Waals surface area contributed by atoms with Gasteiger partial charge < -0.3 is 19.9 Å². The first-order valence-electron chi connectivity index (χ1n) is 15.7. The van der Waals surface area contributed by atoms with Gasteiger partial charge in [-0.3, -0.25) is 9.36 Å². The highest BCUT2D eigenvalue weighted by Gasteiger charge is 2.53. The van der Waals surface area contributed by atoms with Crippen molar-refractivity contribution in [2.45, 2.75) is 63.8 Å². The number of nitrogens with one attached hydrogen (secondary N) is 1. The van der Waals surface area contributed by atoms with E-state index in [0.717, 1.165) is 27.1 Å². The number of nitrogens with two attached hydrogens (primary N) is 1. The molecule has 0 spiro atoms. The number of fused-ring (bicyclic) bond motifs is 1. The molecule has 0 aliphatic heterocycles. The van der Waals surface area contributed by atoms with Crippen LogP contribution in [-0.2, 0) is 22.7 Å². The average molecular weight is 647 g/mol. The van der Waals surface area contributed by atoms with E-state index in [9.17, 15) is 14.9 Å². The molecule has 9 heteroatoms. The zero-order chi connectivity index (χ0) is 34.0. The van der Waals surface area contributed by atoms with Crippen molar-refractivity contribution in [1.82, 2.24) is 9.88 Å². The molecule has 1 amide bonds. The number of hydrogen-bond donors (Lipinski definition) is 2. The number of carbonyl (C=O) groups is 1. The van der Waals surface area contributed by atoms with Crippen LogP contribution in [0.3, 0.4) is 0 Å². The van der Waals surface area contributed by atoms with Crippen LogP contribution in [0.2, 0.25) is 5.04 Å². The smallest absolute Gasteiger partial charge is 0.408 e. The number of benzene rings is 4. The molecule has 5 rings (SSSR count). The lowest BCUT2D eigenvalue weighted by atomic mass is 9.95. The quantitative estimate of drug-likeness (QED) is 0.205. The molecule has 0 bridgehead atoms. The molecule has 0 aliphatic rings. The topological polar surface area (TPSA) is 123 Å². The van der Waals surface area contributed by atoms with E-state index in [0.29, 0.717) is 17.5 Å². The molecule has 5 aromatic rings. The van der Waals surface area contributed by atoms with Crippen molar-refractivity contribution in [1.29, 1.82) is 5.26 Å². The fourth-order valence-electron chi connectivity index (χ4n) is 6.08. The zero-order valence-electron chi connectivity index (χ0n) is 27.8. The third-order valence-electron chi connectivity index (χ3n) is 9.08. The highest BCUT2D eigenvalue weighted by Crippen LogP contribution is 2.38. The summed E-state index contributed by atoms with van der Waals surface area (Å²) < 4.78 is 13.8. The molecule has 0 saturated carbocycles. The monoisotopic (exact) mass is 646 g/mol. The highest BCUT2D eigenvalue weighted by atomic mass is 28.4. The van der Waals surface area contributed by atoms with Gasteiger partial charge in [0.15, 0.2) is 5.58 Å². The van der Waals surface area contributed by atoms with Crippen molar-refractivity contribution in [2.24, 2.45) is 12.8 Å². The van der Waals surface area contributed by atoms with Crippen LogP contribution in [0.5, 0.6) is 0 Å². The van der Waals surface area contributed by atoms with Crippen molar-refractivity contribution in [2.75, 3.05) is 0 Å². The minimum atomic E-state index is -2.98. The van der Waals surface area contributed by atoms with Crippen molar-refractivity contribution in [3.05, 3.63) is 119 Å². The van der Waals surface area contributed by atoms with Gasteiger partial charge in [-0.2, -0.15) is 5.26 Å². The molecule has 4 aromatic carbocycles. The zero-order valence-corrected chi connectivity index (χ0v) is 28.8. The molecule has 47 heavy (non-hydrogen) atoms. The van der Waals surface area contributed by atoms with E-state index in [1.165, 1.54) is 4.57 Å². The lowest BCUT2D eigenvalue weighted by molar-refractivity contribution is -0.129. The predicted molar refractivity (Wildman–Crippen MR) is 189 cm³/mol. The number of nitrogens with zero attached hydrogens (tertiary/aromatic N) is 2. The minimum absolute atomic E-state index is 0.293. The van der Waals surface area contributed by atoms with E-state index in [4.69, 9.17) is 14.6 Å². The van der Waals surface area contributed by atoms with E-state index in [1.807, 2.05) is 79.7 Å². The SMILES string of the molecule is C[C@H](O[Si](c1ccccc1)(c1ccccc1)C(C)(C)C)[C@](C)(N)C(=O)N[C@H](C#N)Cc1ccc(-c2ccc3oc(=O)n(C)c3c2)cc1. The second-order valence-electron chi connectivity index (χ2n) is 13.4. The molecule has 8 nitrogen and oxygen atoms in total. The number of rotatable bonds is 10. The Morgan fingerprint density at radius 3 is 2.02 bits per heavy atom. The van der Waals surface area contributed by atoms with E-state index >= 15 is 0 Å². The van der Waals surface area contributed by atoms with Crippen LogP contribution in [0.15, 0.2) is 112 Å². The summed E-state index contributed by atoms with van der Waals surface area (Å²) >= 11 is 0. The number of aromatic nitrogens is 1. The summed E-state index contributed by atoms with van der Waals surface area (Å²) in [5.74, 6) is -0.861. The molecule has 242 valence electrons. The summed E-state index contributed by atoms with van der Waals surface area (Å²) in [6.07, 6.45) is -0.378. The maximum atomic E-state index is 13.8. The Bertz CT molecular complexity index is 1910. The van der Waals surface area contributed by atoms with E-state index in [2.05, 4.69) is 56.4 Å². The molecule has 0 unspecified atom stereocenters. The highest BCUT2D eigenvalue weighted by molar-refractivity contribution is 6.99. The van der Waals surface area contributed by atoms with Crippen molar-refractivity contribution < 1.29 is 13.6 Å². The Kier molecular flexibility index (Phi) is 9.41. The van der Waals surface area contributed by atoms with Crippen LogP contribution in [0.25, 0.3) is 22.2 Å². The minimum Gasteiger partial charge on any atom is -0.408 e. The number of oxazole rings is 1. The van der Waals surface area contributed by atoms with Crippen LogP contribution in [-0.4, -0.2) is 36.5 Å². The van der Waals surface area contributed by atoms with Crippen LogP contribution in [0, 0.1) is 11.3 Å². The molecule has 0 fully saturated rings. The summed E-state index contributed by atoms with van der Waals surface area (Å²) in [7, 11) is -1.30. The van der Waals surface area contributed by atoms with Crippen LogP contribution < -0.4 is 27.2 Å². The number of carbonyl (C=O) groups excluding carboxylic acids is 1. The first-order valence-corrected chi connectivity index (χ1v) is 17.7. The van der Waals surface area contributed by atoms with Gasteiger partial charge in [0.2, 0.25) is 5.91 Å². The fraction of sp³-hybridized carbons (Fsp3) is 0.289. The maximum Gasteiger partial charge on any atom is 0.419 e. The summed E-state index contributed by atoms with van der Waals surface area (Å²) in [6, 6.07) is 35.2. The molecule has 1 aromatic heterocycles. The van der Waals surface area contributed by atoms with Gasteiger partial charge in [0.25, 0.3) is 8.32 Å². The Balaban J connectivity index is 1.33. The summed E-state index contributed by atoms with van der Waals surface area (Å²) in [5, 5.41) is 14.8.